The molecule has 1 aromatic carbocycles. The first-order chi connectivity index (χ1) is 9.37. The molecule has 0 bridgehead atoms. The maximum absolute atomic E-state index is 6.39. The fraction of sp³-hybridized carbons (Fsp3) is 0.500. The molecule has 1 atom stereocenters. The number of fused-ring (bicyclic) bond motifs is 1. The van der Waals surface area contributed by atoms with Crippen LogP contribution < -0.4 is 5.32 Å². The van der Waals surface area contributed by atoms with Crippen molar-refractivity contribution in [3.63, 3.8) is 0 Å². The van der Waals surface area contributed by atoms with Crippen molar-refractivity contribution in [1.29, 1.82) is 0 Å². The SMILES string of the molecule is Cc1nnc(NCC(Cl)CC(C)(C)C)c2ccccc12. The summed E-state index contributed by atoms with van der Waals surface area (Å²) < 4.78 is 0. The number of aryl methyl sites for hydroxylation is 1. The lowest BCUT2D eigenvalue weighted by Crippen LogP contribution is -2.21. The van der Waals surface area contributed by atoms with Crippen LogP contribution in [-0.2, 0) is 0 Å². The molecule has 0 spiro atoms. The molecule has 0 saturated carbocycles. The van der Waals surface area contributed by atoms with E-state index in [1.54, 1.807) is 0 Å². The van der Waals surface area contributed by atoms with Gasteiger partial charge in [0.15, 0.2) is 5.82 Å². The molecule has 2 rings (SSSR count). The molecule has 0 aliphatic carbocycles. The van der Waals surface area contributed by atoms with Crippen molar-refractivity contribution in [2.45, 2.75) is 39.5 Å². The summed E-state index contributed by atoms with van der Waals surface area (Å²) in [5.41, 5.74) is 1.18. The van der Waals surface area contributed by atoms with Gasteiger partial charge in [-0.25, -0.2) is 0 Å². The van der Waals surface area contributed by atoms with Gasteiger partial charge in [-0.05, 0) is 18.8 Å². The van der Waals surface area contributed by atoms with E-state index >= 15 is 0 Å². The monoisotopic (exact) mass is 291 g/mol. The van der Waals surface area contributed by atoms with Gasteiger partial charge < -0.3 is 5.32 Å². The molecule has 1 unspecified atom stereocenters. The number of benzene rings is 1. The Bertz CT molecular complexity index is 590. The van der Waals surface area contributed by atoms with E-state index in [9.17, 15) is 0 Å². The summed E-state index contributed by atoms with van der Waals surface area (Å²) in [6.07, 6.45) is 0.957. The number of alkyl halides is 1. The van der Waals surface area contributed by atoms with Gasteiger partial charge in [-0.3, -0.25) is 0 Å². The standard InChI is InChI=1S/C16H22ClN3/c1-11-13-7-5-6-8-14(13)15(20-19-11)18-10-12(17)9-16(2,3)4/h5-8,12H,9-10H2,1-4H3,(H,18,20). The van der Waals surface area contributed by atoms with Crippen LogP contribution in [0.4, 0.5) is 5.82 Å². The Morgan fingerprint density at radius 1 is 1.15 bits per heavy atom. The van der Waals surface area contributed by atoms with Crippen LogP contribution in [0.1, 0.15) is 32.9 Å². The first-order valence-corrected chi connectivity index (χ1v) is 7.40. The highest BCUT2D eigenvalue weighted by molar-refractivity contribution is 6.21. The molecule has 0 aliphatic heterocycles. The molecule has 1 aromatic heterocycles. The zero-order valence-corrected chi connectivity index (χ0v) is 13.3. The van der Waals surface area contributed by atoms with Gasteiger partial charge in [0.25, 0.3) is 0 Å². The van der Waals surface area contributed by atoms with E-state index < -0.39 is 0 Å². The molecule has 1 heterocycles. The molecule has 0 amide bonds. The second-order valence-corrected chi connectivity index (χ2v) is 7.04. The lowest BCUT2D eigenvalue weighted by molar-refractivity contribution is 0.373. The zero-order chi connectivity index (χ0) is 14.8. The maximum atomic E-state index is 6.39. The van der Waals surface area contributed by atoms with Crippen molar-refractivity contribution in [2.24, 2.45) is 5.41 Å². The van der Waals surface area contributed by atoms with Crippen molar-refractivity contribution in [3.05, 3.63) is 30.0 Å². The number of nitrogens with one attached hydrogen (secondary N) is 1. The number of anilines is 1. The highest BCUT2D eigenvalue weighted by Crippen LogP contribution is 2.25. The summed E-state index contributed by atoms with van der Waals surface area (Å²) in [5.74, 6) is 0.811. The van der Waals surface area contributed by atoms with Crippen molar-refractivity contribution in [2.75, 3.05) is 11.9 Å². The molecule has 0 fully saturated rings. The summed E-state index contributed by atoms with van der Waals surface area (Å²) >= 11 is 6.39. The number of aromatic nitrogens is 2. The van der Waals surface area contributed by atoms with Crippen molar-refractivity contribution < 1.29 is 0 Å². The molecule has 108 valence electrons. The fourth-order valence-electron chi connectivity index (χ4n) is 2.31. The Kier molecular flexibility index (Phi) is 4.48. The van der Waals surface area contributed by atoms with E-state index in [-0.39, 0.29) is 10.8 Å². The van der Waals surface area contributed by atoms with Crippen LogP contribution in [0.3, 0.4) is 0 Å². The number of hydrogen-bond donors (Lipinski definition) is 1. The van der Waals surface area contributed by atoms with Gasteiger partial charge in [0.1, 0.15) is 0 Å². The first-order valence-electron chi connectivity index (χ1n) is 6.97. The summed E-state index contributed by atoms with van der Waals surface area (Å²) in [4.78, 5) is 0. The van der Waals surface area contributed by atoms with E-state index in [1.807, 2.05) is 19.1 Å². The van der Waals surface area contributed by atoms with Gasteiger partial charge in [-0.2, -0.15) is 5.10 Å². The van der Waals surface area contributed by atoms with Gasteiger partial charge in [-0.1, -0.05) is 45.0 Å². The molecular formula is C16H22ClN3. The lowest BCUT2D eigenvalue weighted by atomic mass is 9.90. The molecule has 0 radical (unpaired) electrons. The third-order valence-electron chi connectivity index (χ3n) is 3.20. The predicted octanol–water partition coefficient (Wildman–Crippen LogP) is 4.39. The molecule has 2 aromatic rings. The third-order valence-corrected chi connectivity index (χ3v) is 3.51. The second kappa shape index (κ2) is 5.96. The van der Waals surface area contributed by atoms with Crippen LogP contribution in [0.25, 0.3) is 10.8 Å². The molecule has 0 aliphatic rings. The Hall–Kier alpha value is -1.35. The second-order valence-electron chi connectivity index (χ2n) is 6.42. The van der Waals surface area contributed by atoms with E-state index in [0.717, 1.165) is 28.7 Å². The molecule has 3 nitrogen and oxygen atoms in total. The number of halogens is 1. The Balaban J connectivity index is 2.13. The zero-order valence-electron chi connectivity index (χ0n) is 12.6. The number of nitrogens with zero attached hydrogens (tertiary/aromatic N) is 2. The van der Waals surface area contributed by atoms with Crippen LogP contribution in [0.5, 0.6) is 0 Å². The van der Waals surface area contributed by atoms with Crippen LogP contribution in [0, 0.1) is 12.3 Å². The van der Waals surface area contributed by atoms with Crippen LogP contribution >= 0.6 is 11.6 Å². The Labute approximate surface area is 125 Å². The van der Waals surface area contributed by atoms with E-state index in [4.69, 9.17) is 11.6 Å². The number of rotatable bonds is 4. The first kappa shape index (κ1) is 15.0. The third kappa shape index (κ3) is 3.83. The van der Waals surface area contributed by atoms with Gasteiger partial charge in [0.2, 0.25) is 0 Å². The number of hydrogen-bond acceptors (Lipinski definition) is 3. The van der Waals surface area contributed by atoms with Crippen LogP contribution in [-0.4, -0.2) is 22.1 Å². The van der Waals surface area contributed by atoms with Crippen LogP contribution in [0.15, 0.2) is 24.3 Å². The predicted molar refractivity (Wildman–Crippen MR) is 86.5 cm³/mol. The summed E-state index contributed by atoms with van der Waals surface area (Å²) in [6, 6.07) is 8.16. The minimum atomic E-state index is 0.0804. The van der Waals surface area contributed by atoms with Crippen LogP contribution in [0.2, 0.25) is 0 Å². The van der Waals surface area contributed by atoms with E-state index in [2.05, 4.69) is 48.4 Å². The Morgan fingerprint density at radius 2 is 1.80 bits per heavy atom. The van der Waals surface area contributed by atoms with Crippen molar-refractivity contribution >= 4 is 28.2 Å². The van der Waals surface area contributed by atoms with E-state index in [0.29, 0.717) is 6.54 Å². The summed E-state index contributed by atoms with van der Waals surface area (Å²) in [6.45, 7) is 9.26. The van der Waals surface area contributed by atoms with Gasteiger partial charge in [-0.15, -0.1) is 16.7 Å². The van der Waals surface area contributed by atoms with Gasteiger partial charge >= 0.3 is 0 Å². The minimum absolute atomic E-state index is 0.0804. The molecular weight excluding hydrogens is 270 g/mol. The Morgan fingerprint density at radius 3 is 2.45 bits per heavy atom. The minimum Gasteiger partial charge on any atom is -0.367 e. The van der Waals surface area contributed by atoms with E-state index in [1.165, 1.54) is 0 Å². The van der Waals surface area contributed by atoms with Crippen molar-refractivity contribution in [3.8, 4) is 0 Å². The normalized spacial score (nSPS) is 13.4. The summed E-state index contributed by atoms with van der Waals surface area (Å²) in [5, 5.41) is 14.1. The maximum Gasteiger partial charge on any atom is 0.156 e. The highest BCUT2D eigenvalue weighted by Gasteiger charge is 2.17. The average Bonchev–Trinajstić information content (AvgIpc) is 2.36. The fourth-order valence-corrected chi connectivity index (χ4v) is 2.85. The summed E-state index contributed by atoms with van der Waals surface area (Å²) in [7, 11) is 0. The molecule has 0 saturated heterocycles. The van der Waals surface area contributed by atoms with Gasteiger partial charge in [0, 0.05) is 17.3 Å². The topological polar surface area (TPSA) is 37.8 Å². The van der Waals surface area contributed by atoms with Gasteiger partial charge in [0.05, 0.1) is 11.1 Å². The molecule has 4 heteroatoms. The molecule has 1 N–H and O–H groups in total. The lowest BCUT2D eigenvalue weighted by Gasteiger charge is -2.22. The molecule has 20 heavy (non-hydrogen) atoms. The average molecular weight is 292 g/mol. The highest BCUT2D eigenvalue weighted by atomic mass is 35.5. The quantitative estimate of drug-likeness (QED) is 0.849. The largest absolute Gasteiger partial charge is 0.367 e. The smallest absolute Gasteiger partial charge is 0.156 e. The van der Waals surface area contributed by atoms with Crippen molar-refractivity contribution in [1.82, 2.24) is 10.2 Å².